The summed E-state index contributed by atoms with van der Waals surface area (Å²) in [5, 5.41) is 3.98. The fourth-order valence-corrected chi connectivity index (χ4v) is 5.56. The quantitative estimate of drug-likeness (QED) is 0.701. The predicted molar refractivity (Wildman–Crippen MR) is 111 cm³/mol. The Morgan fingerprint density at radius 1 is 0.963 bits per heavy atom. The molecule has 3 aliphatic rings. The highest BCUT2D eigenvalue weighted by Crippen LogP contribution is 2.45. The number of rotatable bonds is 4. The van der Waals surface area contributed by atoms with Crippen molar-refractivity contribution in [1.82, 2.24) is 10.2 Å². The number of nitrogens with zero attached hydrogens (tertiary/aromatic N) is 1. The molecule has 0 aromatic heterocycles. The molecular formula is C23H42N2O2. The molecule has 1 N–H and O–H groups in total. The Morgan fingerprint density at radius 3 is 2.07 bits per heavy atom. The lowest BCUT2D eigenvalue weighted by atomic mass is 9.63. The smallest absolute Gasteiger partial charge is 0.410 e. The maximum atomic E-state index is 12.5. The summed E-state index contributed by atoms with van der Waals surface area (Å²) >= 11 is 0. The molecule has 0 aromatic carbocycles. The molecule has 2 saturated carbocycles. The van der Waals surface area contributed by atoms with Crippen LogP contribution in [0.3, 0.4) is 0 Å². The largest absolute Gasteiger partial charge is 0.444 e. The monoisotopic (exact) mass is 378 g/mol. The number of nitrogens with one attached hydrogen (secondary N) is 1. The highest BCUT2D eigenvalue weighted by Gasteiger charge is 2.43. The molecule has 0 atom stereocenters. The first-order chi connectivity index (χ1) is 12.9. The van der Waals surface area contributed by atoms with Gasteiger partial charge in [-0.25, -0.2) is 4.79 Å². The Labute approximate surface area is 166 Å². The predicted octanol–water partition coefficient (Wildman–Crippen LogP) is 5.51. The number of carbonyl (C=O) groups is 1. The number of piperidine rings is 1. The van der Waals surface area contributed by atoms with Gasteiger partial charge in [0.25, 0.3) is 0 Å². The zero-order chi connectivity index (χ0) is 19.3. The molecule has 4 heteroatoms. The molecule has 1 saturated heterocycles. The van der Waals surface area contributed by atoms with Crippen molar-refractivity contribution in [2.24, 2.45) is 11.3 Å². The minimum absolute atomic E-state index is 0.125. The molecule has 4 nitrogen and oxygen atoms in total. The molecule has 0 unspecified atom stereocenters. The van der Waals surface area contributed by atoms with Crippen LogP contribution in [0.2, 0.25) is 0 Å². The molecule has 0 bridgehead atoms. The highest BCUT2D eigenvalue weighted by molar-refractivity contribution is 5.68. The number of hydrogen-bond acceptors (Lipinski definition) is 3. The average Bonchev–Trinajstić information content (AvgIpc) is 2.67. The molecule has 3 rings (SSSR count). The van der Waals surface area contributed by atoms with Crippen molar-refractivity contribution in [2.45, 2.75) is 109 Å². The molecule has 27 heavy (non-hydrogen) atoms. The first-order valence-corrected chi connectivity index (χ1v) is 11.6. The fraction of sp³-hybridized carbons (Fsp3) is 0.957. The van der Waals surface area contributed by atoms with Crippen molar-refractivity contribution < 1.29 is 9.53 Å². The molecule has 1 aliphatic heterocycles. The minimum Gasteiger partial charge on any atom is -0.444 e. The third-order valence-corrected chi connectivity index (χ3v) is 7.23. The summed E-state index contributed by atoms with van der Waals surface area (Å²) in [5.41, 5.74) is -0.0199. The Morgan fingerprint density at radius 2 is 1.52 bits per heavy atom. The van der Waals surface area contributed by atoms with E-state index in [-0.39, 0.29) is 6.09 Å². The number of carbonyl (C=O) groups excluding carboxylic acids is 1. The number of likely N-dealkylation sites (tertiary alicyclic amines) is 1. The molecule has 0 radical (unpaired) electrons. The van der Waals surface area contributed by atoms with E-state index in [0.717, 1.165) is 44.4 Å². The van der Waals surface area contributed by atoms with Crippen LogP contribution >= 0.6 is 0 Å². The van der Waals surface area contributed by atoms with Gasteiger partial charge in [0, 0.05) is 25.7 Å². The van der Waals surface area contributed by atoms with Crippen molar-refractivity contribution in [2.75, 3.05) is 19.6 Å². The molecule has 0 spiro atoms. The molecule has 3 fully saturated rings. The lowest BCUT2D eigenvalue weighted by Crippen LogP contribution is -2.52. The van der Waals surface area contributed by atoms with Crippen molar-refractivity contribution in [3.8, 4) is 0 Å². The zero-order valence-electron chi connectivity index (χ0n) is 18.0. The van der Waals surface area contributed by atoms with Crippen molar-refractivity contribution >= 4 is 6.09 Å². The van der Waals surface area contributed by atoms with Crippen LogP contribution < -0.4 is 5.32 Å². The number of hydrogen-bond donors (Lipinski definition) is 1. The Balaban J connectivity index is 1.60. The third kappa shape index (κ3) is 5.85. The van der Waals surface area contributed by atoms with Crippen molar-refractivity contribution in [1.29, 1.82) is 0 Å². The van der Waals surface area contributed by atoms with Crippen LogP contribution in [0.4, 0.5) is 4.79 Å². The van der Waals surface area contributed by atoms with Crippen molar-refractivity contribution in [3.63, 3.8) is 0 Å². The van der Waals surface area contributed by atoms with Gasteiger partial charge >= 0.3 is 6.09 Å². The summed E-state index contributed by atoms with van der Waals surface area (Å²) in [4.78, 5) is 14.4. The molecular weight excluding hydrogens is 336 g/mol. The number of ether oxygens (including phenoxy) is 1. The lowest BCUT2D eigenvalue weighted by molar-refractivity contribution is -0.00691. The van der Waals surface area contributed by atoms with E-state index in [2.05, 4.69) is 5.32 Å². The van der Waals surface area contributed by atoms with Crippen LogP contribution in [0.15, 0.2) is 0 Å². The molecule has 156 valence electrons. The first kappa shape index (κ1) is 21.0. The molecule has 1 amide bonds. The molecule has 2 aliphatic carbocycles. The van der Waals surface area contributed by atoms with Gasteiger partial charge in [-0.05, 0) is 70.6 Å². The van der Waals surface area contributed by atoms with E-state index in [1.165, 1.54) is 64.2 Å². The van der Waals surface area contributed by atoms with Crippen LogP contribution in [0.1, 0.15) is 97.8 Å². The summed E-state index contributed by atoms with van der Waals surface area (Å²) in [5.74, 6) is 0.836. The van der Waals surface area contributed by atoms with E-state index in [1.807, 2.05) is 25.7 Å². The van der Waals surface area contributed by atoms with Crippen LogP contribution in [-0.2, 0) is 4.74 Å². The highest BCUT2D eigenvalue weighted by atomic mass is 16.6. The normalized spacial score (nSPS) is 25.4. The maximum absolute atomic E-state index is 12.5. The molecule has 0 aromatic rings. The molecule has 1 heterocycles. The van der Waals surface area contributed by atoms with Gasteiger partial charge < -0.3 is 15.0 Å². The summed E-state index contributed by atoms with van der Waals surface area (Å²) in [6.07, 6.45) is 16.0. The van der Waals surface area contributed by atoms with Gasteiger partial charge in [-0.2, -0.15) is 0 Å². The second kappa shape index (κ2) is 9.15. The number of amides is 1. The zero-order valence-corrected chi connectivity index (χ0v) is 18.0. The van der Waals surface area contributed by atoms with E-state index >= 15 is 0 Å². The van der Waals surface area contributed by atoms with Crippen molar-refractivity contribution in [3.05, 3.63) is 0 Å². The minimum atomic E-state index is -0.405. The van der Waals surface area contributed by atoms with Crippen LogP contribution in [-0.4, -0.2) is 42.3 Å². The lowest BCUT2D eigenvalue weighted by Gasteiger charge is -2.49. The van der Waals surface area contributed by atoms with Gasteiger partial charge in [0.15, 0.2) is 0 Å². The van der Waals surface area contributed by atoms with Crippen LogP contribution in [0.5, 0.6) is 0 Å². The third-order valence-electron chi connectivity index (χ3n) is 7.23. The van der Waals surface area contributed by atoms with E-state index in [1.54, 1.807) is 0 Å². The summed E-state index contributed by atoms with van der Waals surface area (Å²) in [6, 6.07) is 0.725. The topological polar surface area (TPSA) is 41.6 Å². The summed E-state index contributed by atoms with van der Waals surface area (Å²) in [6.45, 7) is 8.74. The van der Waals surface area contributed by atoms with Gasteiger partial charge in [-0.15, -0.1) is 0 Å². The van der Waals surface area contributed by atoms with E-state index in [4.69, 9.17) is 4.74 Å². The van der Waals surface area contributed by atoms with E-state index in [0.29, 0.717) is 5.41 Å². The Kier molecular flexibility index (Phi) is 7.10. The standard InChI is InChI=1S/C23H42N2O2/c1-22(2,3)27-21(26)25-16-14-23(15-17-25,19-10-6-4-7-11-19)18-24-20-12-8-5-9-13-20/h19-20,24H,4-18H2,1-3H3. The van der Waals surface area contributed by atoms with Gasteiger partial charge in [-0.3, -0.25) is 0 Å². The van der Waals surface area contributed by atoms with Crippen LogP contribution in [0.25, 0.3) is 0 Å². The van der Waals surface area contributed by atoms with Gasteiger partial charge in [0.1, 0.15) is 5.60 Å². The summed E-state index contributed by atoms with van der Waals surface area (Å²) < 4.78 is 5.62. The van der Waals surface area contributed by atoms with Crippen LogP contribution in [0, 0.1) is 11.3 Å². The second-order valence-corrected chi connectivity index (χ2v) is 10.4. The maximum Gasteiger partial charge on any atom is 0.410 e. The van der Waals surface area contributed by atoms with Gasteiger partial charge in [0.05, 0.1) is 0 Å². The Bertz CT molecular complexity index is 465. The summed E-state index contributed by atoms with van der Waals surface area (Å²) in [7, 11) is 0. The Hall–Kier alpha value is -0.770. The van der Waals surface area contributed by atoms with Gasteiger partial charge in [-0.1, -0.05) is 38.5 Å². The van der Waals surface area contributed by atoms with E-state index < -0.39 is 5.60 Å². The fourth-order valence-electron chi connectivity index (χ4n) is 5.56. The average molecular weight is 379 g/mol. The van der Waals surface area contributed by atoms with Gasteiger partial charge in [0.2, 0.25) is 0 Å². The first-order valence-electron chi connectivity index (χ1n) is 11.6. The second-order valence-electron chi connectivity index (χ2n) is 10.4. The van der Waals surface area contributed by atoms with E-state index in [9.17, 15) is 4.79 Å². The SMILES string of the molecule is CC(C)(C)OC(=O)N1CCC(CNC2CCCCC2)(C2CCCCC2)CC1.